The predicted molar refractivity (Wildman–Crippen MR) is 43.8 cm³/mol. The fourth-order valence-electron chi connectivity index (χ4n) is 0.928. The Kier molecular flexibility index (Phi) is 2.50. The SMILES string of the molecule is Cn1cccc1C(=O)CN=[N+]=[N-]. The van der Waals surface area contributed by atoms with Gasteiger partial charge in [0.05, 0.1) is 12.2 Å². The summed E-state index contributed by atoms with van der Waals surface area (Å²) in [5, 5.41) is 3.19. The largest absolute Gasteiger partial charge is 0.348 e. The molecule has 1 aromatic heterocycles. The highest BCUT2D eigenvalue weighted by atomic mass is 16.1. The minimum Gasteiger partial charge on any atom is -0.348 e. The summed E-state index contributed by atoms with van der Waals surface area (Å²) in [4.78, 5) is 13.7. The van der Waals surface area contributed by atoms with Crippen molar-refractivity contribution in [3.8, 4) is 0 Å². The molecule has 0 spiro atoms. The van der Waals surface area contributed by atoms with E-state index in [2.05, 4.69) is 10.0 Å². The Morgan fingerprint density at radius 1 is 1.83 bits per heavy atom. The quantitative estimate of drug-likeness (QED) is 0.289. The maximum Gasteiger partial charge on any atom is 0.185 e. The van der Waals surface area contributed by atoms with Crippen LogP contribution in [-0.4, -0.2) is 16.9 Å². The number of aryl methyl sites for hydroxylation is 1. The second kappa shape index (κ2) is 3.59. The van der Waals surface area contributed by atoms with Crippen molar-refractivity contribution in [1.29, 1.82) is 0 Å². The summed E-state index contributed by atoms with van der Waals surface area (Å²) in [7, 11) is 1.77. The van der Waals surface area contributed by atoms with E-state index in [1.807, 2.05) is 0 Å². The molecule has 0 saturated heterocycles. The Morgan fingerprint density at radius 2 is 2.58 bits per heavy atom. The number of hydrogen-bond acceptors (Lipinski definition) is 2. The van der Waals surface area contributed by atoms with Gasteiger partial charge in [-0.15, -0.1) is 0 Å². The first kappa shape index (κ1) is 8.36. The van der Waals surface area contributed by atoms with E-state index >= 15 is 0 Å². The average Bonchev–Trinajstić information content (AvgIpc) is 2.47. The molecule has 0 bridgehead atoms. The van der Waals surface area contributed by atoms with Crippen LogP contribution in [0.25, 0.3) is 10.4 Å². The van der Waals surface area contributed by atoms with Gasteiger partial charge in [0, 0.05) is 18.2 Å². The first-order valence-corrected chi connectivity index (χ1v) is 3.41. The summed E-state index contributed by atoms with van der Waals surface area (Å²) >= 11 is 0. The van der Waals surface area contributed by atoms with Crippen LogP contribution in [0.3, 0.4) is 0 Å². The number of hydrogen-bond donors (Lipinski definition) is 0. The van der Waals surface area contributed by atoms with Crippen LogP contribution < -0.4 is 0 Å². The third-order valence-electron chi connectivity index (χ3n) is 1.51. The number of carbonyl (C=O) groups excluding carboxylic acids is 1. The third-order valence-corrected chi connectivity index (χ3v) is 1.51. The zero-order valence-corrected chi connectivity index (χ0v) is 6.64. The Bertz CT molecular complexity index is 335. The summed E-state index contributed by atoms with van der Waals surface area (Å²) in [5.41, 5.74) is 8.54. The molecule has 0 aromatic carbocycles. The Balaban J connectivity index is 2.78. The van der Waals surface area contributed by atoms with Crippen LogP contribution in [0.2, 0.25) is 0 Å². The maximum atomic E-state index is 11.2. The maximum absolute atomic E-state index is 11.2. The van der Waals surface area contributed by atoms with E-state index in [0.29, 0.717) is 5.69 Å². The summed E-state index contributed by atoms with van der Waals surface area (Å²) in [6.07, 6.45) is 1.77. The number of aromatic nitrogens is 1. The molecule has 1 heterocycles. The van der Waals surface area contributed by atoms with E-state index in [4.69, 9.17) is 5.53 Å². The van der Waals surface area contributed by atoms with E-state index < -0.39 is 0 Å². The molecule has 0 unspecified atom stereocenters. The van der Waals surface area contributed by atoms with Crippen LogP contribution >= 0.6 is 0 Å². The van der Waals surface area contributed by atoms with Crippen molar-refractivity contribution in [3.05, 3.63) is 34.5 Å². The molecule has 1 aromatic rings. The molecule has 0 aliphatic carbocycles. The molecule has 5 heteroatoms. The highest BCUT2D eigenvalue weighted by Gasteiger charge is 2.06. The van der Waals surface area contributed by atoms with Crippen molar-refractivity contribution >= 4 is 5.78 Å². The molecule has 0 saturated carbocycles. The van der Waals surface area contributed by atoms with Gasteiger partial charge >= 0.3 is 0 Å². The highest BCUT2D eigenvalue weighted by molar-refractivity contribution is 5.96. The van der Waals surface area contributed by atoms with Gasteiger partial charge in [0.15, 0.2) is 5.78 Å². The van der Waals surface area contributed by atoms with Gasteiger partial charge in [-0.25, -0.2) is 0 Å². The Morgan fingerprint density at radius 3 is 3.08 bits per heavy atom. The zero-order chi connectivity index (χ0) is 8.97. The van der Waals surface area contributed by atoms with E-state index in [0.717, 1.165) is 0 Å². The number of azide groups is 1. The van der Waals surface area contributed by atoms with Gasteiger partial charge in [0.2, 0.25) is 0 Å². The molecule has 0 aliphatic heterocycles. The standard InChI is InChI=1S/C7H8N4O/c1-11-4-2-3-6(11)7(12)5-9-10-8/h2-4H,5H2,1H3. The van der Waals surface area contributed by atoms with Crippen molar-refractivity contribution in [2.75, 3.05) is 6.54 Å². The van der Waals surface area contributed by atoms with Gasteiger partial charge in [-0.05, 0) is 17.7 Å². The van der Waals surface area contributed by atoms with Crippen LogP contribution in [0.5, 0.6) is 0 Å². The van der Waals surface area contributed by atoms with Crippen molar-refractivity contribution in [3.63, 3.8) is 0 Å². The summed E-state index contributed by atoms with van der Waals surface area (Å²) < 4.78 is 1.69. The smallest absolute Gasteiger partial charge is 0.185 e. The average molecular weight is 164 g/mol. The topological polar surface area (TPSA) is 70.8 Å². The minimum absolute atomic E-state index is 0.117. The van der Waals surface area contributed by atoms with E-state index in [1.165, 1.54) is 0 Å². The molecule has 0 atom stereocenters. The second-order valence-electron chi connectivity index (χ2n) is 2.32. The third kappa shape index (κ3) is 1.65. The van der Waals surface area contributed by atoms with Crippen molar-refractivity contribution in [2.45, 2.75) is 0 Å². The Labute approximate surface area is 69.2 Å². The van der Waals surface area contributed by atoms with E-state index in [9.17, 15) is 4.79 Å². The molecule has 0 N–H and O–H groups in total. The van der Waals surface area contributed by atoms with Gasteiger partial charge in [0.1, 0.15) is 0 Å². The fourth-order valence-corrected chi connectivity index (χ4v) is 0.928. The number of ketones is 1. The lowest BCUT2D eigenvalue weighted by Gasteiger charge is -1.97. The number of carbonyl (C=O) groups is 1. The van der Waals surface area contributed by atoms with Crippen molar-refractivity contribution in [1.82, 2.24) is 4.57 Å². The van der Waals surface area contributed by atoms with Gasteiger partial charge in [0.25, 0.3) is 0 Å². The van der Waals surface area contributed by atoms with E-state index in [1.54, 1.807) is 29.9 Å². The molecule has 0 amide bonds. The molecule has 0 fully saturated rings. The van der Waals surface area contributed by atoms with Gasteiger partial charge < -0.3 is 4.57 Å². The lowest BCUT2D eigenvalue weighted by molar-refractivity contribution is 0.0994. The lowest BCUT2D eigenvalue weighted by Crippen LogP contribution is -2.07. The molecular formula is C7H8N4O. The van der Waals surface area contributed by atoms with Gasteiger partial charge in [-0.2, -0.15) is 0 Å². The molecule has 62 valence electrons. The van der Waals surface area contributed by atoms with Crippen molar-refractivity contribution < 1.29 is 4.79 Å². The van der Waals surface area contributed by atoms with Crippen molar-refractivity contribution in [2.24, 2.45) is 12.2 Å². The number of nitrogens with zero attached hydrogens (tertiary/aromatic N) is 4. The van der Waals surface area contributed by atoms with Crippen LogP contribution in [0.15, 0.2) is 23.4 Å². The molecule has 0 radical (unpaired) electrons. The summed E-state index contributed by atoms with van der Waals surface area (Å²) in [6, 6.07) is 3.46. The number of rotatable bonds is 3. The monoisotopic (exact) mass is 164 g/mol. The van der Waals surface area contributed by atoms with Crippen LogP contribution in [0, 0.1) is 0 Å². The molecule has 1 rings (SSSR count). The minimum atomic E-state index is -0.166. The normalized spacial score (nSPS) is 9.08. The van der Waals surface area contributed by atoms with E-state index in [-0.39, 0.29) is 12.3 Å². The molecular weight excluding hydrogens is 156 g/mol. The molecule has 12 heavy (non-hydrogen) atoms. The summed E-state index contributed by atoms with van der Waals surface area (Å²) in [5.74, 6) is -0.166. The first-order chi connectivity index (χ1) is 5.75. The zero-order valence-electron chi connectivity index (χ0n) is 6.64. The Hall–Kier alpha value is -1.74. The molecule has 5 nitrogen and oxygen atoms in total. The van der Waals surface area contributed by atoms with Crippen LogP contribution in [0.4, 0.5) is 0 Å². The lowest BCUT2D eigenvalue weighted by atomic mass is 10.3. The highest BCUT2D eigenvalue weighted by Crippen LogP contribution is 2.00. The summed E-state index contributed by atoms with van der Waals surface area (Å²) in [6.45, 7) is -0.117. The predicted octanol–water partition coefficient (Wildman–Crippen LogP) is 1.52. The van der Waals surface area contributed by atoms with Crippen LogP contribution in [0.1, 0.15) is 10.5 Å². The van der Waals surface area contributed by atoms with Gasteiger partial charge in [-0.3, -0.25) is 4.79 Å². The second-order valence-corrected chi connectivity index (χ2v) is 2.32. The van der Waals surface area contributed by atoms with Gasteiger partial charge in [-0.1, -0.05) is 5.11 Å². The molecule has 0 aliphatic rings. The number of Topliss-reactive ketones (excluding diaryl/α,β-unsaturated/α-hetero) is 1. The fraction of sp³-hybridized carbons (Fsp3) is 0.286. The first-order valence-electron chi connectivity index (χ1n) is 3.41. The van der Waals surface area contributed by atoms with Crippen LogP contribution in [-0.2, 0) is 7.05 Å².